The quantitative estimate of drug-likeness (QED) is 0.787. The third kappa shape index (κ3) is 4.99. The minimum atomic E-state index is -0.0535. The first kappa shape index (κ1) is 18.8. The van der Waals surface area contributed by atoms with Gasteiger partial charge in [0.15, 0.2) is 11.5 Å². The van der Waals surface area contributed by atoms with Gasteiger partial charge >= 0.3 is 0 Å². The highest BCUT2D eigenvalue weighted by Crippen LogP contribution is 2.30. The number of methoxy groups -OCH3 is 2. The number of rotatable bonds is 8. The molecule has 0 saturated carbocycles. The van der Waals surface area contributed by atoms with Gasteiger partial charge in [0.05, 0.1) is 26.7 Å². The van der Waals surface area contributed by atoms with Gasteiger partial charge in [0.25, 0.3) is 0 Å². The average Bonchev–Trinajstić information content (AvgIpc) is 2.66. The van der Waals surface area contributed by atoms with Crippen molar-refractivity contribution in [3.63, 3.8) is 0 Å². The summed E-state index contributed by atoms with van der Waals surface area (Å²) in [5.41, 5.74) is 3.31. The maximum atomic E-state index is 12.4. The van der Waals surface area contributed by atoms with Crippen LogP contribution in [0.1, 0.15) is 43.0 Å². The van der Waals surface area contributed by atoms with Crippen LogP contribution in [0, 0.1) is 0 Å². The number of benzene rings is 2. The van der Waals surface area contributed by atoms with Crippen molar-refractivity contribution in [1.29, 1.82) is 0 Å². The first-order valence-electron chi connectivity index (χ1n) is 8.70. The van der Waals surface area contributed by atoms with E-state index in [0.717, 1.165) is 24.0 Å². The van der Waals surface area contributed by atoms with Crippen LogP contribution >= 0.6 is 0 Å². The molecule has 0 aliphatic rings. The van der Waals surface area contributed by atoms with Crippen LogP contribution in [-0.4, -0.2) is 20.1 Å². The molecule has 0 unspecified atom stereocenters. The highest BCUT2D eigenvalue weighted by Gasteiger charge is 2.15. The summed E-state index contributed by atoms with van der Waals surface area (Å²) in [5.74, 6) is 1.37. The van der Waals surface area contributed by atoms with Crippen molar-refractivity contribution in [3.05, 3.63) is 59.2 Å². The molecular weight excluding hydrogens is 314 g/mol. The molecule has 0 aromatic heterocycles. The molecule has 2 rings (SSSR count). The molecule has 25 heavy (non-hydrogen) atoms. The third-order valence-corrected chi connectivity index (χ3v) is 4.35. The Hall–Kier alpha value is -2.49. The third-order valence-electron chi connectivity index (χ3n) is 4.35. The molecule has 0 heterocycles. The Labute approximate surface area is 150 Å². The van der Waals surface area contributed by atoms with E-state index in [9.17, 15) is 4.79 Å². The summed E-state index contributed by atoms with van der Waals surface area (Å²) < 4.78 is 10.6. The number of ether oxygens (including phenoxy) is 2. The molecule has 4 heteroatoms. The Morgan fingerprint density at radius 3 is 2.16 bits per heavy atom. The summed E-state index contributed by atoms with van der Waals surface area (Å²) in [5, 5.41) is 3.11. The number of hydrogen-bond donors (Lipinski definition) is 1. The molecular formula is C21H27NO3. The Bertz CT molecular complexity index is 695. The van der Waals surface area contributed by atoms with E-state index in [1.54, 1.807) is 14.2 Å². The fraction of sp³-hybridized carbons (Fsp3) is 0.381. The van der Waals surface area contributed by atoms with E-state index >= 15 is 0 Å². The average molecular weight is 341 g/mol. The minimum absolute atomic E-state index is 0.0193. The summed E-state index contributed by atoms with van der Waals surface area (Å²) in [4.78, 5) is 12.4. The Morgan fingerprint density at radius 1 is 0.960 bits per heavy atom. The second kappa shape index (κ2) is 9.11. The molecule has 0 aliphatic carbocycles. The lowest BCUT2D eigenvalue weighted by atomic mass is 10.0. The number of carbonyl (C=O) groups is 1. The standard InChI is InChI=1S/C21H27NO3/c1-5-15-7-9-16(10-8-15)13-21(23)22-18(6-2)17-11-12-19(24-3)20(14-17)25-4/h7-12,14,18H,5-6,13H2,1-4H3,(H,22,23)/t18-/m1/s1. The van der Waals surface area contributed by atoms with Crippen molar-refractivity contribution >= 4 is 5.91 Å². The number of nitrogens with one attached hydrogen (secondary N) is 1. The van der Waals surface area contributed by atoms with Crippen molar-refractivity contribution in [1.82, 2.24) is 5.32 Å². The second-order valence-electron chi connectivity index (χ2n) is 5.99. The van der Waals surface area contributed by atoms with Gasteiger partial charge < -0.3 is 14.8 Å². The number of amides is 1. The number of aryl methyl sites for hydroxylation is 1. The van der Waals surface area contributed by atoms with Gasteiger partial charge in [-0.05, 0) is 41.7 Å². The molecule has 2 aromatic rings. The zero-order valence-corrected chi connectivity index (χ0v) is 15.5. The Morgan fingerprint density at radius 2 is 1.60 bits per heavy atom. The van der Waals surface area contributed by atoms with Crippen molar-refractivity contribution in [3.8, 4) is 11.5 Å². The monoisotopic (exact) mass is 341 g/mol. The summed E-state index contributed by atoms with van der Waals surface area (Å²) >= 11 is 0. The van der Waals surface area contributed by atoms with E-state index < -0.39 is 0 Å². The molecule has 0 aliphatic heterocycles. The molecule has 4 nitrogen and oxygen atoms in total. The maximum absolute atomic E-state index is 12.4. The van der Waals surface area contributed by atoms with E-state index in [0.29, 0.717) is 17.9 Å². The highest BCUT2D eigenvalue weighted by atomic mass is 16.5. The lowest BCUT2D eigenvalue weighted by Gasteiger charge is -2.19. The van der Waals surface area contributed by atoms with Gasteiger partial charge in [-0.3, -0.25) is 4.79 Å². The molecule has 2 aromatic carbocycles. The van der Waals surface area contributed by atoms with Gasteiger partial charge in [0.1, 0.15) is 0 Å². The van der Waals surface area contributed by atoms with Gasteiger partial charge in [0.2, 0.25) is 5.91 Å². The summed E-state index contributed by atoms with van der Waals surface area (Å²) in [7, 11) is 3.22. The predicted molar refractivity (Wildman–Crippen MR) is 100 cm³/mol. The number of carbonyl (C=O) groups excluding carboxylic acids is 1. The minimum Gasteiger partial charge on any atom is -0.493 e. The Kier molecular flexibility index (Phi) is 6.87. The molecule has 0 radical (unpaired) electrons. The normalized spacial score (nSPS) is 11.7. The van der Waals surface area contributed by atoms with Gasteiger partial charge in [-0.25, -0.2) is 0 Å². The van der Waals surface area contributed by atoms with Gasteiger partial charge in [0, 0.05) is 0 Å². The molecule has 134 valence electrons. The highest BCUT2D eigenvalue weighted by molar-refractivity contribution is 5.79. The second-order valence-corrected chi connectivity index (χ2v) is 5.99. The number of hydrogen-bond acceptors (Lipinski definition) is 3. The van der Waals surface area contributed by atoms with Crippen LogP contribution in [0.3, 0.4) is 0 Å². The van der Waals surface area contributed by atoms with Crippen LogP contribution in [0.2, 0.25) is 0 Å². The van der Waals surface area contributed by atoms with Gasteiger partial charge in [-0.2, -0.15) is 0 Å². The maximum Gasteiger partial charge on any atom is 0.224 e. The molecule has 1 amide bonds. The van der Waals surface area contributed by atoms with Crippen molar-refractivity contribution in [2.24, 2.45) is 0 Å². The molecule has 0 spiro atoms. The van der Waals surface area contributed by atoms with E-state index in [4.69, 9.17) is 9.47 Å². The van der Waals surface area contributed by atoms with Crippen LogP contribution in [0.25, 0.3) is 0 Å². The Balaban J connectivity index is 2.06. The molecule has 0 fully saturated rings. The van der Waals surface area contributed by atoms with E-state index in [2.05, 4.69) is 31.3 Å². The van der Waals surface area contributed by atoms with Crippen LogP contribution in [-0.2, 0) is 17.6 Å². The molecule has 0 bridgehead atoms. The fourth-order valence-electron chi connectivity index (χ4n) is 2.81. The summed E-state index contributed by atoms with van der Waals surface area (Å²) in [6, 6.07) is 13.9. The van der Waals surface area contributed by atoms with Crippen LogP contribution in [0.15, 0.2) is 42.5 Å². The van der Waals surface area contributed by atoms with Crippen LogP contribution < -0.4 is 14.8 Å². The van der Waals surface area contributed by atoms with Gasteiger partial charge in [-0.15, -0.1) is 0 Å². The largest absolute Gasteiger partial charge is 0.493 e. The predicted octanol–water partition coefficient (Wildman–Crippen LogP) is 4.08. The van der Waals surface area contributed by atoms with Crippen molar-refractivity contribution in [2.45, 2.75) is 39.2 Å². The lowest BCUT2D eigenvalue weighted by Crippen LogP contribution is -2.29. The van der Waals surface area contributed by atoms with Crippen LogP contribution in [0.4, 0.5) is 0 Å². The van der Waals surface area contributed by atoms with E-state index in [1.165, 1.54) is 5.56 Å². The lowest BCUT2D eigenvalue weighted by molar-refractivity contribution is -0.121. The summed E-state index contributed by atoms with van der Waals surface area (Å²) in [6.45, 7) is 4.17. The molecule has 1 atom stereocenters. The first-order valence-corrected chi connectivity index (χ1v) is 8.70. The van der Waals surface area contributed by atoms with E-state index in [1.807, 2.05) is 30.3 Å². The van der Waals surface area contributed by atoms with E-state index in [-0.39, 0.29) is 11.9 Å². The summed E-state index contributed by atoms with van der Waals surface area (Å²) in [6.07, 6.45) is 2.19. The SMILES string of the molecule is CCc1ccc(CC(=O)N[C@H](CC)c2ccc(OC)c(OC)c2)cc1. The van der Waals surface area contributed by atoms with Gasteiger partial charge in [-0.1, -0.05) is 44.2 Å². The molecule has 1 N–H and O–H groups in total. The van der Waals surface area contributed by atoms with Crippen molar-refractivity contribution in [2.75, 3.05) is 14.2 Å². The zero-order chi connectivity index (χ0) is 18.2. The molecule has 0 saturated heterocycles. The smallest absolute Gasteiger partial charge is 0.224 e. The van der Waals surface area contributed by atoms with Crippen molar-refractivity contribution < 1.29 is 14.3 Å². The zero-order valence-electron chi connectivity index (χ0n) is 15.5. The topological polar surface area (TPSA) is 47.6 Å². The van der Waals surface area contributed by atoms with Crippen LogP contribution in [0.5, 0.6) is 11.5 Å². The fourth-order valence-corrected chi connectivity index (χ4v) is 2.81. The first-order chi connectivity index (χ1) is 12.1.